The number of carbonyl (C=O) groups is 1. The number of nitrogens with one attached hydrogen (secondary N) is 1. The Morgan fingerprint density at radius 3 is 2.76 bits per heavy atom. The maximum absolute atomic E-state index is 12.3. The first-order valence-corrected chi connectivity index (χ1v) is 7.47. The van der Waals surface area contributed by atoms with E-state index in [1.54, 1.807) is 11.4 Å². The molecule has 0 aliphatic heterocycles. The molecular formula is C14H15N5OS. The van der Waals surface area contributed by atoms with E-state index in [9.17, 15) is 4.79 Å². The lowest BCUT2D eigenvalue weighted by Gasteiger charge is -2.12. The van der Waals surface area contributed by atoms with Crippen LogP contribution in [0.15, 0.2) is 24.3 Å². The third-order valence-electron chi connectivity index (χ3n) is 3.17. The molecule has 1 N–H and O–H groups in total. The lowest BCUT2D eigenvalue weighted by atomic mass is 10.0. The van der Waals surface area contributed by atoms with Gasteiger partial charge in [-0.3, -0.25) is 4.79 Å². The van der Waals surface area contributed by atoms with Gasteiger partial charge >= 0.3 is 0 Å². The van der Waals surface area contributed by atoms with Crippen molar-refractivity contribution in [3.8, 4) is 0 Å². The molecule has 108 valence electrons. The van der Waals surface area contributed by atoms with Gasteiger partial charge in [0.25, 0.3) is 5.91 Å². The fourth-order valence-corrected chi connectivity index (χ4v) is 2.88. The SMILES string of the molecule is Cc1nnc2sc(C(=O)Nc3ccccc3C(C)C)nn12. The number of benzene rings is 1. The van der Waals surface area contributed by atoms with Gasteiger partial charge in [-0.15, -0.1) is 15.3 Å². The van der Waals surface area contributed by atoms with Gasteiger partial charge in [0.05, 0.1) is 0 Å². The second-order valence-electron chi connectivity index (χ2n) is 5.04. The summed E-state index contributed by atoms with van der Waals surface area (Å²) in [6.07, 6.45) is 0. The van der Waals surface area contributed by atoms with Crippen LogP contribution in [0.4, 0.5) is 5.69 Å². The number of aryl methyl sites for hydroxylation is 1. The zero-order valence-electron chi connectivity index (χ0n) is 12.0. The van der Waals surface area contributed by atoms with Crippen LogP contribution in [0, 0.1) is 6.92 Å². The molecule has 0 saturated heterocycles. The first kappa shape index (κ1) is 13.7. The number of anilines is 1. The maximum Gasteiger partial charge on any atom is 0.286 e. The minimum absolute atomic E-state index is 0.224. The highest BCUT2D eigenvalue weighted by molar-refractivity contribution is 7.18. The van der Waals surface area contributed by atoms with Crippen molar-refractivity contribution in [3.05, 3.63) is 40.7 Å². The molecule has 1 aromatic carbocycles. The summed E-state index contributed by atoms with van der Waals surface area (Å²) in [4.78, 5) is 13.0. The number of rotatable bonds is 3. The maximum atomic E-state index is 12.3. The summed E-state index contributed by atoms with van der Waals surface area (Å²) >= 11 is 1.23. The van der Waals surface area contributed by atoms with Crippen molar-refractivity contribution in [2.24, 2.45) is 0 Å². The van der Waals surface area contributed by atoms with E-state index in [2.05, 4.69) is 34.5 Å². The summed E-state index contributed by atoms with van der Waals surface area (Å²) in [5.74, 6) is 0.780. The van der Waals surface area contributed by atoms with Crippen LogP contribution in [-0.4, -0.2) is 25.7 Å². The molecule has 0 unspecified atom stereocenters. The molecular weight excluding hydrogens is 286 g/mol. The fourth-order valence-electron chi connectivity index (χ4n) is 2.10. The van der Waals surface area contributed by atoms with Gasteiger partial charge in [0.15, 0.2) is 5.82 Å². The van der Waals surface area contributed by atoms with E-state index in [1.807, 2.05) is 24.3 Å². The standard InChI is InChI=1S/C14H15N5OS/c1-8(2)10-6-4-5-7-11(10)15-12(20)13-18-19-9(3)16-17-14(19)21-13/h4-8H,1-3H3,(H,15,20). The number of hydrogen-bond acceptors (Lipinski definition) is 5. The van der Waals surface area contributed by atoms with E-state index in [0.29, 0.717) is 21.7 Å². The molecule has 1 amide bonds. The van der Waals surface area contributed by atoms with Crippen molar-refractivity contribution in [3.63, 3.8) is 0 Å². The second-order valence-corrected chi connectivity index (χ2v) is 6.00. The molecule has 6 nitrogen and oxygen atoms in total. The normalized spacial score (nSPS) is 11.2. The van der Waals surface area contributed by atoms with Crippen molar-refractivity contribution in [1.82, 2.24) is 19.8 Å². The topological polar surface area (TPSA) is 72.2 Å². The number of para-hydroxylation sites is 1. The third kappa shape index (κ3) is 2.52. The van der Waals surface area contributed by atoms with Gasteiger partial charge in [0.1, 0.15) is 0 Å². The van der Waals surface area contributed by atoms with Gasteiger partial charge in [0.2, 0.25) is 9.97 Å². The van der Waals surface area contributed by atoms with Crippen LogP contribution in [0.1, 0.15) is 41.0 Å². The molecule has 3 aromatic rings. The smallest absolute Gasteiger partial charge is 0.286 e. The van der Waals surface area contributed by atoms with E-state index in [0.717, 1.165) is 11.3 Å². The number of fused-ring (bicyclic) bond motifs is 1. The average Bonchev–Trinajstić information content (AvgIpc) is 3.02. The van der Waals surface area contributed by atoms with E-state index < -0.39 is 0 Å². The molecule has 0 saturated carbocycles. The van der Waals surface area contributed by atoms with Gasteiger partial charge in [0, 0.05) is 5.69 Å². The molecule has 7 heteroatoms. The summed E-state index contributed by atoms with van der Waals surface area (Å²) in [6.45, 7) is 5.99. The second kappa shape index (κ2) is 5.25. The zero-order valence-corrected chi connectivity index (χ0v) is 12.8. The molecule has 2 heterocycles. The average molecular weight is 301 g/mol. The van der Waals surface area contributed by atoms with Crippen LogP contribution in [0.2, 0.25) is 0 Å². The summed E-state index contributed by atoms with van der Waals surface area (Å²) in [5.41, 5.74) is 1.92. The molecule has 2 aromatic heterocycles. The van der Waals surface area contributed by atoms with Crippen LogP contribution in [0.25, 0.3) is 4.96 Å². The molecule has 0 bridgehead atoms. The van der Waals surface area contributed by atoms with Crippen LogP contribution >= 0.6 is 11.3 Å². The highest BCUT2D eigenvalue weighted by Crippen LogP contribution is 2.24. The zero-order chi connectivity index (χ0) is 15.0. The van der Waals surface area contributed by atoms with Crippen LogP contribution in [-0.2, 0) is 0 Å². The van der Waals surface area contributed by atoms with Crippen LogP contribution in [0.3, 0.4) is 0 Å². The molecule has 0 atom stereocenters. The molecule has 0 aliphatic carbocycles. The predicted molar refractivity (Wildman–Crippen MR) is 81.9 cm³/mol. The molecule has 0 spiro atoms. The summed E-state index contributed by atoms with van der Waals surface area (Å²) < 4.78 is 1.58. The van der Waals surface area contributed by atoms with E-state index in [-0.39, 0.29) is 5.91 Å². The monoisotopic (exact) mass is 301 g/mol. The molecule has 21 heavy (non-hydrogen) atoms. The Kier molecular flexibility index (Phi) is 3.42. The van der Waals surface area contributed by atoms with Crippen LogP contribution in [0.5, 0.6) is 0 Å². The Morgan fingerprint density at radius 1 is 1.29 bits per heavy atom. The number of hydrogen-bond donors (Lipinski definition) is 1. The first-order valence-electron chi connectivity index (χ1n) is 6.65. The van der Waals surface area contributed by atoms with Crippen molar-refractivity contribution in [1.29, 1.82) is 0 Å². The number of aromatic nitrogens is 4. The highest BCUT2D eigenvalue weighted by Gasteiger charge is 2.17. The van der Waals surface area contributed by atoms with Gasteiger partial charge in [-0.25, -0.2) is 0 Å². The van der Waals surface area contributed by atoms with Crippen molar-refractivity contribution >= 4 is 27.9 Å². The van der Waals surface area contributed by atoms with Crippen molar-refractivity contribution in [2.75, 3.05) is 5.32 Å². The third-order valence-corrected chi connectivity index (χ3v) is 4.07. The Balaban J connectivity index is 1.89. The lowest BCUT2D eigenvalue weighted by molar-refractivity contribution is 0.102. The van der Waals surface area contributed by atoms with E-state index >= 15 is 0 Å². The molecule has 0 radical (unpaired) electrons. The fraction of sp³-hybridized carbons (Fsp3) is 0.286. The largest absolute Gasteiger partial charge is 0.320 e. The number of carbonyl (C=O) groups excluding carboxylic acids is 1. The van der Waals surface area contributed by atoms with E-state index in [1.165, 1.54) is 11.3 Å². The Labute approximate surface area is 125 Å². The van der Waals surface area contributed by atoms with Gasteiger partial charge in [-0.05, 0) is 24.5 Å². The number of nitrogens with zero attached hydrogens (tertiary/aromatic N) is 4. The lowest BCUT2D eigenvalue weighted by Crippen LogP contribution is -2.14. The Hall–Kier alpha value is -2.28. The molecule has 0 aliphatic rings. The van der Waals surface area contributed by atoms with Gasteiger partial charge < -0.3 is 5.32 Å². The van der Waals surface area contributed by atoms with Crippen molar-refractivity contribution in [2.45, 2.75) is 26.7 Å². The van der Waals surface area contributed by atoms with Gasteiger partial charge in [-0.1, -0.05) is 43.4 Å². The first-order chi connectivity index (χ1) is 10.1. The number of amides is 1. The minimum atomic E-state index is -0.224. The predicted octanol–water partition coefficient (Wildman–Crippen LogP) is 2.87. The minimum Gasteiger partial charge on any atom is -0.320 e. The van der Waals surface area contributed by atoms with Gasteiger partial charge in [-0.2, -0.15) is 4.52 Å². The molecule has 0 fully saturated rings. The summed E-state index contributed by atoms with van der Waals surface area (Å²) in [5, 5.41) is 15.4. The Morgan fingerprint density at radius 2 is 2.05 bits per heavy atom. The Bertz CT molecular complexity index is 805. The summed E-state index contributed by atoms with van der Waals surface area (Å²) in [6, 6.07) is 7.80. The quantitative estimate of drug-likeness (QED) is 0.807. The van der Waals surface area contributed by atoms with E-state index in [4.69, 9.17) is 0 Å². The highest BCUT2D eigenvalue weighted by atomic mass is 32.1. The molecule has 3 rings (SSSR count). The van der Waals surface area contributed by atoms with Crippen molar-refractivity contribution < 1.29 is 4.79 Å². The summed E-state index contributed by atoms with van der Waals surface area (Å²) in [7, 11) is 0. The van der Waals surface area contributed by atoms with Crippen LogP contribution < -0.4 is 5.32 Å².